The molecule has 7 heteroatoms. The third-order valence-electron chi connectivity index (χ3n) is 2.65. The zero-order valence-electron chi connectivity index (χ0n) is 10.1. The summed E-state index contributed by atoms with van der Waals surface area (Å²) >= 11 is 17.7. The quantitative estimate of drug-likeness (QED) is 0.844. The summed E-state index contributed by atoms with van der Waals surface area (Å²) < 4.78 is 24.8. The smallest absolute Gasteiger partial charge is 0.184 e. The van der Waals surface area contributed by atoms with Crippen LogP contribution >= 0.6 is 34.8 Å². The Bertz CT molecular complexity index is 760. The van der Waals surface area contributed by atoms with Crippen LogP contribution in [-0.2, 0) is 15.6 Å². The van der Waals surface area contributed by atoms with Crippen molar-refractivity contribution in [3.05, 3.63) is 57.0 Å². The Labute approximate surface area is 132 Å². The van der Waals surface area contributed by atoms with Gasteiger partial charge in [-0.2, -0.15) is 0 Å². The van der Waals surface area contributed by atoms with E-state index in [-0.39, 0.29) is 15.7 Å². The van der Waals surface area contributed by atoms with Crippen LogP contribution in [0.2, 0.25) is 15.1 Å². The molecule has 0 unspecified atom stereocenters. The fourth-order valence-corrected chi connectivity index (χ4v) is 4.21. The zero-order valence-corrected chi connectivity index (χ0v) is 13.2. The summed E-state index contributed by atoms with van der Waals surface area (Å²) in [6, 6.07) is 8.97. The number of rotatable bonds is 3. The van der Waals surface area contributed by atoms with Gasteiger partial charge in [0.15, 0.2) is 9.84 Å². The molecule has 0 amide bonds. The van der Waals surface area contributed by atoms with E-state index in [9.17, 15) is 8.42 Å². The third-order valence-corrected chi connectivity index (χ3v) is 5.38. The number of benzene rings is 2. The van der Waals surface area contributed by atoms with E-state index in [0.717, 1.165) is 0 Å². The number of hydrogen-bond donors (Lipinski definition) is 1. The molecule has 0 aliphatic rings. The molecule has 0 atom stereocenters. The van der Waals surface area contributed by atoms with Gasteiger partial charge in [0, 0.05) is 15.7 Å². The highest BCUT2D eigenvalue weighted by Gasteiger charge is 2.20. The molecule has 0 fully saturated rings. The van der Waals surface area contributed by atoms with E-state index in [1.807, 2.05) is 0 Å². The van der Waals surface area contributed by atoms with Gasteiger partial charge in [0.1, 0.15) is 0 Å². The number of hydrogen-bond acceptors (Lipinski definition) is 3. The van der Waals surface area contributed by atoms with Gasteiger partial charge < -0.3 is 5.73 Å². The Morgan fingerprint density at radius 1 is 0.950 bits per heavy atom. The summed E-state index contributed by atoms with van der Waals surface area (Å²) in [6.07, 6.45) is 0. The molecule has 0 spiro atoms. The monoisotopic (exact) mass is 349 g/mol. The predicted molar refractivity (Wildman–Crippen MR) is 83.2 cm³/mol. The Kier molecular flexibility index (Phi) is 4.49. The van der Waals surface area contributed by atoms with Gasteiger partial charge in [-0.1, -0.05) is 40.9 Å². The maximum atomic E-state index is 12.4. The van der Waals surface area contributed by atoms with E-state index < -0.39 is 9.84 Å². The van der Waals surface area contributed by atoms with E-state index in [0.29, 0.717) is 21.3 Å². The second-order valence-electron chi connectivity index (χ2n) is 4.18. The van der Waals surface area contributed by atoms with Crippen molar-refractivity contribution in [2.75, 3.05) is 5.73 Å². The summed E-state index contributed by atoms with van der Waals surface area (Å²) in [6.45, 7) is 0. The first-order valence-corrected chi connectivity index (χ1v) is 8.30. The van der Waals surface area contributed by atoms with Gasteiger partial charge in [-0.05, 0) is 35.9 Å². The van der Waals surface area contributed by atoms with Crippen molar-refractivity contribution in [3.63, 3.8) is 0 Å². The lowest BCUT2D eigenvalue weighted by molar-refractivity contribution is 0.595. The lowest BCUT2D eigenvalue weighted by Crippen LogP contribution is -2.06. The topological polar surface area (TPSA) is 60.2 Å². The first-order chi connectivity index (χ1) is 9.29. The molecule has 0 bridgehead atoms. The SMILES string of the molecule is Nc1ccc(CS(=O)(=O)c2cc(Cl)ccc2Cl)c(Cl)c1. The fourth-order valence-electron chi connectivity index (χ4n) is 1.68. The number of anilines is 1. The zero-order chi connectivity index (χ0) is 14.9. The highest BCUT2D eigenvalue weighted by Crippen LogP contribution is 2.29. The van der Waals surface area contributed by atoms with Crippen LogP contribution in [0.4, 0.5) is 5.69 Å². The molecule has 0 heterocycles. The van der Waals surface area contributed by atoms with Gasteiger partial charge in [0.2, 0.25) is 0 Å². The maximum Gasteiger partial charge on any atom is 0.184 e. The largest absolute Gasteiger partial charge is 0.399 e. The molecule has 0 saturated heterocycles. The van der Waals surface area contributed by atoms with Crippen LogP contribution < -0.4 is 5.73 Å². The van der Waals surface area contributed by atoms with E-state index in [1.54, 1.807) is 12.1 Å². The Morgan fingerprint density at radius 2 is 1.65 bits per heavy atom. The number of halogens is 3. The molecule has 2 aromatic carbocycles. The van der Waals surface area contributed by atoms with Crippen molar-refractivity contribution < 1.29 is 8.42 Å². The lowest BCUT2D eigenvalue weighted by atomic mass is 10.2. The van der Waals surface area contributed by atoms with Crippen molar-refractivity contribution in [1.82, 2.24) is 0 Å². The van der Waals surface area contributed by atoms with Crippen molar-refractivity contribution in [3.8, 4) is 0 Å². The third kappa shape index (κ3) is 3.38. The van der Waals surface area contributed by atoms with E-state index in [2.05, 4.69) is 0 Å². The van der Waals surface area contributed by atoms with Gasteiger partial charge >= 0.3 is 0 Å². The van der Waals surface area contributed by atoms with Crippen molar-refractivity contribution in [2.24, 2.45) is 0 Å². The standard InChI is InChI=1S/C13H10Cl3NO2S/c14-9-2-4-11(15)13(5-9)20(18,19)7-8-1-3-10(17)6-12(8)16/h1-6H,7,17H2. The highest BCUT2D eigenvalue weighted by molar-refractivity contribution is 7.90. The van der Waals surface area contributed by atoms with Gasteiger partial charge in [0.25, 0.3) is 0 Å². The Balaban J connectivity index is 2.43. The first-order valence-electron chi connectivity index (χ1n) is 5.51. The van der Waals surface area contributed by atoms with Crippen LogP contribution in [0.1, 0.15) is 5.56 Å². The van der Waals surface area contributed by atoms with Gasteiger partial charge in [-0.25, -0.2) is 8.42 Å². The van der Waals surface area contributed by atoms with Crippen LogP contribution in [0.5, 0.6) is 0 Å². The minimum absolute atomic E-state index is 0.0143. The molecule has 3 nitrogen and oxygen atoms in total. The first kappa shape index (κ1) is 15.4. The fraction of sp³-hybridized carbons (Fsp3) is 0.0769. The molecule has 106 valence electrons. The second kappa shape index (κ2) is 5.82. The molecule has 2 N–H and O–H groups in total. The molecule has 0 aliphatic heterocycles. The number of nitrogen functional groups attached to an aromatic ring is 1. The normalized spacial score (nSPS) is 11.6. The molecule has 20 heavy (non-hydrogen) atoms. The maximum absolute atomic E-state index is 12.4. The molecule has 0 aromatic heterocycles. The highest BCUT2D eigenvalue weighted by atomic mass is 35.5. The van der Waals surface area contributed by atoms with E-state index >= 15 is 0 Å². The van der Waals surface area contributed by atoms with E-state index in [1.165, 1.54) is 24.3 Å². The van der Waals surface area contributed by atoms with Crippen LogP contribution in [0.25, 0.3) is 0 Å². The summed E-state index contributed by atoms with van der Waals surface area (Å²) in [5.74, 6) is -0.272. The summed E-state index contributed by atoms with van der Waals surface area (Å²) in [7, 11) is -3.64. The van der Waals surface area contributed by atoms with Crippen LogP contribution in [0.3, 0.4) is 0 Å². The summed E-state index contributed by atoms with van der Waals surface area (Å²) in [5, 5.41) is 0.726. The molecule has 2 rings (SSSR count). The average Bonchev–Trinajstić information content (AvgIpc) is 2.35. The number of nitrogens with two attached hydrogens (primary N) is 1. The van der Waals surface area contributed by atoms with Crippen LogP contribution in [-0.4, -0.2) is 8.42 Å². The van der Waals surface area contributed by atoms with Crippen molar-refractivity contribution in [1.29, 1.82) is 0 Å². The van der Waals surface area contributed by atoms with Gasteiger partial charge in [0.05, 0.1) is 15.7 Å². The van der Waals surface area contributed by atoms with Gasteiger partial charge in [-0.15, -0.1) is 0 Å². The van der Waals surface area contributed by atoms with Crippen LogP contribution in [0.15, 0.2) is 41.3 Å². The minimum atomic E-state index is -3.64. The average molecular weight is 351 g/mol. The molecule has 0 aliphatic carbocycles. The molecule has 2 aromatic rings. The summed E-state index contributed by atoms with van der Waals surface area (Å²) in [5.41, 5.74) is 6.50. The Morgan fingerprint density at radius 3 is 2.30 bits per heavy atom. The predicted octanol–water partition coefficient (Wildman–Crippen LogP) is 4.20. The van der Waals surface area contributed by atoms with Crippen molar-refractivity contribution in [2.45, 2.75) is 10.6 Å². The molecule has 0 radical (unpaired) electrons. The van der Waals surface area contributed by atoms with Crippen LogP contribution in [0, 0.1) is 0 Å². The molecule has 0 saturated carbocycles. The minimum Gasteiger partial charge on any atom is -0.399 e. The Hall–Kier alpha value is -0.940. The number of sulfone groups is 1. The molecular weight excluding hydrogens is 341 g/mol. The summed E-state index contributed by atoms with van der Waals surface area (Å²) in [4.78, 5) is -0.0143. The molecular formula is C13H10Cl3NO2S. The van der Waals surface area contributed by atoms with Crippen molar-refractivity contribution >= 4 is 50.3 Å². The van der Waals surface area contributed by atoms with Gasteiger partial charge in [-0.3, -0.25) is 0 Å². The lowest BCUT2D eigenvalue weighted by Gasteiger charge is -2.09. The second-order valence-corrected chi connectivity index (χ2v) is 7.39. The van der Waals surface area contributed by atoms with E-state index in [4.69, 9.17) is 40.5 Å².